The molecule has 0 heterocycles. The van der Waals surface area contributed by atoms with Crippen LogP contribution in [0.3, 0.4) is 0 Å². The molecule has 0 aromatic carbocycles. The summed E-state index contributed by atoms with van der Waals surface area (Å²) in [7, 11) is 1.75. The van der Waals surface area contributed by atoms with Gasteiger partial charge in [-0.1, -0.05) is 48.5 Å². The van der Waals surface area contributed by atoms with Crippen molar-refractivity contribution in [1.82, 2.24) is 0 Å². The van der Waals surface area contributed by atoms with E-state index in [1.807, 2.05) is 27.7 Å². The first kappa shape index (κ1) is 17.9. The van der Waals surface area contributed by atoms with Crippen molar-refractivity contribution >= 4 is 0 Å². The Bertz CT molecular complexity index is 51.0. The minimum absolute atomic E-state index is 0.694. The summed E-state index contributed by atoms with van der Waals surface area (Å²) in [6.07, 6.45) is 0. The molecule has 0 radical (unpaired) electrons. The second-order valence-electron chi connectivity index (χ2n) is 2.68. The molecule has 0 amide bonds. The maximum absolute atomic E-state index is 4.96. The van der Waals surface area contributed by atoms with Crippen LogP contribution >= 0.6 is 0 Å². The Hall–Kier alpha value is -0.0400. The molecule has 1 atom stereocenters. The summed E-state index contributed by atoms with van der Waals surface area (Å²) in [5, 5.41) is 0. The van der Waals surface area contributed by atoms with Crippen molar-refractivity contribution in [2.75, 3.05) is 13.7 Å². The molecule has 1 nitrogen and oxygen atoms in total. The molecule has 78 valence electrons. The Morgan fingerprint density at radius 3 is 1.33 bits per heavy atom. The van der Waals surface area contributed by atoms with E-state index in [2.05, 4.69) is 20.8 Å². The Labute approximate surface area is 79.5 Å². The molecule has 0 saturated heterocycles. The zero-order chi connectivity index (χ0) is 10.6. The number of methoxy groups -OCH3 is 1. The molecule has 0 aliphatic carbocycles. The highest BCUT2D eigenvalue weighted by atomic mass is 16.5. The van der Waals surface area contributed by atoms with Crippen molar-refractivity contribution in [3.05, 3.63) is 0 Å². The minimum atomic E-state index is 0.694. The molecule has 0 fully saturated rings. The fraction of sp³-hybridized carbons (Fsp3) is 1.00. The third-order valence-electron chi connectivity index (χ3n) is 1.57. The molecular formula is C11H28O. The lowest BCUT2D eigenvalue weighted by Crippen LogP contribution is -2.09. The predicted octanol–water partition coefficient (Wildman–Crippen LogP) is 3.98. The molecule has 1 heteroatoms. The second kappa shape index (κ2) is 17.2. The van der Waals surface area contributed by atoms with Gasteiger partial charge >= 0.3 is 0 Å². The van der Waals surface area contributed by atoms with Gasteiger partial charge in [-0.15, -0.1) is 0 Å². The first-order valence-electron chi connectivity index (χ1n) is 5.17. The van der Waals surface area contributed by atoms with E-state index in [0.29, 0.717) is 5.92 Å². The first-order chi connectivity index (χ1) is 5.68. The van der Waals surface area contributed by atoms with Gasteiger partial charge in [0.05, 0.1) is 0 Å². The van der Waals surface area contributed by atoms with Crippen LogP contribution in [0, 0.1) is 11.8 Å². The fourth-order valence-corrected chi connectivity index (χ4v) is 0.455. The van der Waals surface area contributed by atoms with Gasteiger partial charge in [0.2, 0.25) is 0 Å². The highest BCUT2D eigenvalue weighted by Gasteiger charge is 2.04. The minimum Gasteiger partial charge on any atom is -0.384 e. The van der Waals surface area contributed by atoms with Crippen molar-refractivity contribution in [1.29, 1.82) is 0 Å². The van der Waals surface area contributed by atoms with E-state index < -0.39 is 0 Å². The lowest BCUT2D eigenvalue weighted by molar-refractivity contribution is 0.138. The molecule has 0 aromatic heterocycles. The summed E-state index contributed by atoms with van der Waals surface area (Å²) in [6.45, 7) is 15.5. The average molecular weight is 176 g/mol. The highest BCUT2D eigenvalue weighted by Crippen LogP contribution is 2.08. The van der Waals surface area contributed by atoms with Crippen LogP contribution in [0.4, 0.5) is 0 Å². The lowest BCUT2D eigenvalue weighted by atomic mass is 10.00. The summed E-state index contributed by atoms with van der Waals surface area (Å²) < 4.78 is 4.96. The van der Waals surface area contributed by atoms with E-state index in [1.165, 1.54) is 0 Å². The molecule has 0 rings (SSSR count). The third kappa shape index (κ3) is 16.5. The van der Waals surface area contributed by atoms with E-state index in [4.69, 9.17) is 4.74 Å². The Morgan fingerprint density at radius 1 is 0.917 bits per heavy atom. The lowest BCUT2D eigenvalue weighted by Gasteiger charge is -2.12. The monoisotopic (exact) mass is 176 g/mol. The first-order valence-corrected chi connectivity index (χ1v) is 5.17. The van der Waals surface area contributed by atoms with Gasteiger partial charge in [0.1, 0.15) is 0 Å². The summed E-state index contributed by atoms with van der Waals surface area (Å²) in [5.74, 6) is 1.44. The number of rotatable bonds is 3. The molecule has 0 spiro atoms. The van der Waals surface area contributed by atoms with Crippen molar-refractivity contribution in [2.45, 2.75) is 48.5 Å². The van der Waals surface area contributed by atoms with Crippen LogP contribution in [0.25, 0.3) is 0 Å². The Morgan fingerprint density at radius 2 is 1.25 bits per heavy atom. The molecule has 0 bridgehead atoms. The summed E-state index contributed by atoms with van der Waals surface area (Å²) >= 11 is 0. The van der Waals surface area contributed by atoms with Gasteiger partial charge in [-0.2, -0.15) is 0 Å². The largest absolute Gasteiger partial charge is 0.384 e. The van der Waals surface area contributed by atoms with Crippen LogP contribution in [-0.2, 0) is 4.74 Å². The quantitative estimate of drug-likeness (QED) is 0.632. The van der Waals surface area contributed by atoms with Crippen molar-refractivity contribution in [3.63, 3.8) is 0 Å². The topological polar surface area (TPSA) is 9.23 Å². The van der Waals surface area contributed by atoms with Crippen molar-refractivity contribution in [3.8, 4) is 0 Å². The van der Waals surface area contributed by atoms with E-state index in [-0.39, 0.29) is 0 Å². The van der Waals surface area contributed by atoms with Gasteiger partial charge in [-0.3, -0.25) is 0 Å². The molecule has 0 aliphatic heterocycles. The fourth-order valence-electron chi connectivity index (χ4n) is 0.455. The van der Waals surface area contributed by atoms with Gasteiger partial charge in [0, 0.05) is 13.7 Å². The van der Waals surface area contributed by atoms with Crippen LogP contribution in [-0.4, -0.2) is 13.7 Å². The maximum atomic E-state index is 4.96. The zero-order valence-electron chi connectivity index (χ0n) is 10.3. The van der Waals surface area contributed by atoms with Gasteiger partial charge in [-0.05, 0) is 11.8 Å². The van der Waals surface area contributed by atoms with Crippen LogP contribution in [0.15, 0.2) is 0 Å². The molecule has 0 aliphatic rings. The Balaban J connectivity index is -0.000000175. The number of ether oxygens (including phenoxy) is 1. The molecular weight excluding hydrogens is 148 g/mol. The standard InChI is InChI=1S/C7H16O.2C2H6/c1-6(2)7(3)5-8-4;2*1-2/h6-7H,5H2,1-4H3;2*1-2H3. The second-order valence-corrected chi connectivity index (χ2v) is 2.68. The van der Waals surface area contributed by atoms with Gasteiger partial charge in [0.25, 0.3) is 0 Å². The third-order valence-corrected chi connectivity index (χ3v) is 1.57. The normalized spacial score (nSPS) is 10.8. The van der Waals surface area contributed by atoms with E-state index in [0.717, 1.165) is 12.5 Å². The van der Waals surface area contributed by atoms with Gasteiger partial charge in [0.15, 0.2) is 0 Å². The Kier molecular flexibility index (Phi) is 25.6. The van der Waals surface area contributed by atoms with E-state index in [9.17, 15) is 0 Å². The smallest absolute Gasteiger partial charge is 0.0490 e. The molecule has 0 saturated carbocycles. The average Bonchev–Trinajstić information content (AvgIpc) is 2.12. The molecule has 1 unspecified atom stereocenters. The zero-order valence-corrected chi connectivity index (χ0v) is 10.3. The molecule has 0 aromatic rings. The van der Waals surface area contributed by atoms with E-state index >= 15 is 0 Å². The van der Waals surface area contributed by atoms with Crippen LogP contribution in [0.1, 0.15) is 48.5 Å². The predicted molar refractivity (Wildman–Crippen MR) is 58.6 cm³/mol. The molecule has 0 N–H and O–H groups in total. The van der Waals surface area contributed by atoms with Crippen molar-refractivity contribution < 1.29 is 4.74 Å². The van der Waals surface area contributed by atoms with E-state index in [1.54, 1.807) is 7.11 Å². The van der Waals surface area contributed by atoms with Crippen LogP contribution in [0.2, 0.25) is 0 Å². The molecule has 12 heavy (non-hydrogen) atoms. The summed E-state index contributed by atoms with van der Waals surface area (Å²) in [5.41, 5.74) is 0. The van der Waals surface area contributed by atoms with Gasteiger partial charge in [-0.25, -0.2) is 0 Å². The number of hydrogen-bond acceptors (Lipinski definition) is 1. The summed E-state index contributed by atoms with van der Waals surface area (Å²) in [4.78, 5) is 0. The van der Waals surface area contributed by atoms with Crippen LogP contribution < -0.4 is 0 Å². The highest BCUT2D eigenvalue weighted by molar-refractivity contribution is 4.53. The van der Waals surface area contributed by atoms with Crippen LogP contribution in [0.5, 0.6) is 0 Å². The number of hydrogen-bond donors (Lipinski definition) is 0. The summed E-state index contributed by atoms with van der Waals surface area (Å²) in [6, 6.07) is 0. The SMILES string of the molecule is CC.CC.COCC(C)C(C)C. The maximum Gasteiger partial charge on any atom is 0.0490 e. The van der Waals surface area contributed by atoms with Crippen molar-refractivity contribution in [2.24, 2.45) is 11.8 Å². The van der Waals surface area contributed by atoms with Gasteiger partial charge < -0.3 is 4.74 Å².